The molecule has 0 saturated carbocycles. The quantitative estimate of drug-likeness (QED) is 0.770. The second kappa shape index (κ2) is 3.84. The van der Waals surface area contributed by atoms with Gasteiger partial charge in [-0.2, -0.15) is 5.10 Å². The van der Waals surface area contributed by atoms with E-state index in [1.54, 1.807) is 6.07 Å². The number of carboxylic acid groups (broad SMARTS) is 1. The molecule has 0 amide bonds. The van der Waals surface area contributed by atoms with Gasteiger partial charge in [-0.3, -0.25) is 9.59 Å². The van der Waals surface area contributed by atoms with Crippen molar-refractivity contribution in [3.8, 4) is 0 Å². The van der Waals surface area contributed by atoms with Crippen LogP contribution < -0.4 is 5.56 Å². The molecule has 1 aromatic heterocycles. The van der Waals surface area contributed by atoms with E-state index in [1.807, 2.05) is 0 Å². The highest BCUT2D eigenvalue weighted by atomic mass is 16.4. The molecule has 1 aliphatic rings. The molecule has 5 heteroatoms. The van der Waals surface area contributed by atoms with Crippen molar-refractivity contribution in [1.29, 1.82) is 0 Å². The van der Waals surface area contributed by atoms with E-state index in [9.17, 15) is 9.59 Å². The minimum atomic E-state index is -0.913. The van der Waals surface area contributed by atoms with Crippen LogP contribution in [0.5, 0.6) is 0 Å². The summed E-state index contributed by atoms with van der Waals surface area (Å²) < 4.78 is 1.25. The first-order valence-electron chi connectivity index (χ1n) is 4.98. The van der Waals surface area contributed by atoms with Gasteiger partial charge in [0.2, 0.25) is 0 Å². The Morgan fingerprint density at radius 1 is 1.53 bits per heavy atom. The van der Waals surface area contributed by atoms with Gasteiger partial charge in [0.05, 0.1) is 18.7 Å². The van der Waals surface area contributed by atoms with E-state index < -0.39 is 5.97 Å². The van der Waals surface area contributed by atoms with Gasteiger partial charge in [-0.05, 0) is 24.8 Å². The van der Waals surface area contributed by atoms with E-state index in [0.717, 1.165) is 30.5 Å². The fourth-order valence-corrected chi connectivity index (χ4v) is 1.80. The number of hydrogen-bond acceptors (Lipinski definition) is 3. The summed E-state index contributed by atoms with van der Waals surface area (Å²) in [5, 5.41) is 12.7. The van der Waals surface area contributed by atoms with E-state index in [-0.39, 0.29) is 18.5 Å². The van der Waals surface area contributed by atoms with Gasteiger partial charge < -0.3 is 5.11 Å². The molecule has 0 bridgehead atoms. The Kier molecular flexibility index (Phi) is 2.53. The van der Waals surface area contributed by atoms with Gasteiger partial charge in [0.15, 0.2) is 0 Å². The highest BCUT2D eigenvalue weighted by molar-refractivity contribution is 5.66. The van der Waals surface area contributed by atoms with Crippen molar-refractivity contribution in [2.45, 2.75) is 32.2 Å². The molecule has 15 heavy (non-hydrogen) atoms. The van der Waals surface area contributed by atoms with Crippen LogP contribution in [0.2, 0.25) is 0 Å². The van der Waals surface area contributed by atoms with E-state index >= 15 is 0 Å². The SMILES string of the molecule is O=C(O)CCn1nc2c(cc1=O)CCC2. The van der Waals surface area contributed by atoms with E-state index in [2.05, 4.69) is 5.10 Å². The van der Waals surface area contributed by atoms with Crippen molar-refractivity contribution >= 4 is 5.97 Å². The number of hydrogen-bond donors (Lipinski definition) is 1. The Morgan fingerprint density at radius 2 is 2.33 bits per heavy atom. The molecule has 0 unspecified atom stereocenters. The maximum atomic E-state index is 11.5. The molecule has 0 aromatic carbocycles. The largest absolute Gasteiger partial charge is 0.481 e. The van der Waals surface area contributed by atoms with Crippen LogP contribution in [0.15, 0.2) is 10.9 Å². The second-order valence-corrected chi connectivity index (χ2v) is 3.67. The van der Waals surface area contributed by atoms with Crippen molar-refractivity contribution in [3.63, 3.8) is 0 Å². The normalized spacial score (nSPS) is 13.9. The van der Waals surface area contributed by atoms with Crippen LogP contribution >= 0.6 is 0 Å². The van der Waals surface area contributed by atoms with Gasteiger partial charge in [-0.15, -0.1) is 0 Å². The number of carbonyl (C=O) groups is 1. The summed E-state index contributed by atoms with van der Waals surface area (Å²) in [5.74, 6) is -0.913. The standard InChI is InChI=1S/C10H12N2O3/c13-9-6-7-2-1-3-8(7)11-12(9)5-4-10(14)15/h6H,1-5H2,(H,14,15). The average Bonchev–Trinajstić information content (AvgIpc) is 2.60. The lowest BCUT2D eigenvalue weighted by molar-refractivity contribution is -0.137. The fraction of sp³-hybridized carbons (Fsp3) is 0.500. The van der Waals surface area contributed by atoms with Crippen molar-refractivity contribution < 1.29 is 9.90 Å². The second-order valence-electron chi connectivity index (χ2n) is 3.67. The van der Waals surface area contributed by atoms with Gasteiger partial charge in [0.1, 0.15) is 0 Å². The minimum Gasteiger partial charge on any atom is -0.481 e. The average molecular weight is 208 g/mol. The molecule has 1 aromatic rings. The van der Waals surface area contributed by atoms with Crippen LogP contribution in [0, 0.1) is 0 Å². The van der Waals surface area contributed by atoms with Crippen molar-refractivity contribution in [3.05, 3.63) is 27.7 Å². The molecular formula is C10H12N2O3. The molecule has 0 aliphatic heterocycles. The number of nitrogens with zero attached hydrogens (tertiary/aromatic N) is 2. The van der Waals surface area contributed by atoms with Gasteiger partial charge in [0.25, 0.3) is 5.56 Å². The first kappa shape index (κ1) is 9.89. The Bertz CT molecular complexity index is 450. The zero-order chi connectivity index (χ0) is 10.8. The maximum Gasteiger partial charge on any atom is 0.305 e. The van der Waals surface area contributed by atoms with Gasteiger partial charge in [-0.25, -0.2) is 4.68 Å². The minimum absolute atomic E-state index is 0.0638. The van der Waals surface area contributed by atoms with Crippen LogP contribution in [-0.4, -0.2) is 20.9 Å². The van der Waals surface area contributed by atoms with Gasteiger partial charge in [-0.1, -0.05) is 0 Å². The number of aliphatic carboxylic acids is 1. The molecule has 1 aliphatic carbocycles. The summed E-state index contributed by atoms with van der Waals surface area (Å²) in [4.78, 5) is 21.9. The third kappa shape index (κ3) is 2.06. The van der Waals surface area contributed by atoms with E-state index in [4.69, 9.17) is 5.11 Å². The Labute approximate surface area is 86.4 Å². The lowest BCUT2D eigenvalue weighted by Crippen LogP contribution is -2.25. The molecule has 0 radical (unpaired) electrons. The van der Waals surface area contributed by atoms with Crippen LogP contribution in [0.3, 0.4) is 0 Å². The monoisotopic (exact) mass is 208 g/mol. The summed E-state index contributed by atoms with van der Waals surface area (Å²) in [6.45, 7) is 0.154. The first-order valence-corrected chi connectivity index (χ1v) is 4.98. The first-order chi connectivity index (χ1) is 7.16. The van der Waals surface area contributed by atoms with Crippen molar-refractivity contribution in [1.82, 2.24) is 9.78 Å². The van der Waals surface area contributed by atoms with Gasteiger partial charge >= 0.3 is 5.97 Å². The Hall–Kier alpha value is -1.65. The number of aryl methyl sites for hydroxylation is 3. The lowest BCUT2D eigenvalue weighted by Gasteiger charge is -2.04. The van der Waals surface area contributed by atoms with Gasteiger partial charge in [0, 0.05) is 6.07 Å². The van der Waals surface area contributed by atoms with E-state index in [1.165, 1.54) is 4.68 Å². The topological polar surface area (TPSA) is 72.2 Å². The molecule has 1 heterocycles. The summed E-state index contributed by atoms with van der Waals surface area (Å²) in [6, 6.07) is 1.58. The Morgan fingerprint density at radius 3 is 3.07 bits per heavy atom. The number of carboxylic acids is 1. The molecule has 2 rings (SSSR count). The molecular weight excluding hydrogens is 196 g/mol. The van der Waals surface area contributed by atoms with Crippen LogP contribution in [0.25, 0.3) is 0 Å². The molecule has 0 fully saturated rings. The number of fused-ring (bicyclic) bond motifs is 1. The molecule has 0 spiro atoms. The Balaban J connectivity index is 2.25. The van der Waals surface area contributed by atoms with Crippen molar-refractivity contribution in [2.24, 2.45) is 0 Å². The van der Waals surface area contributed by atoms with Crippen LogP contribution in [0.4, 0.5) is 0 Å². The highest BCUT2D eigenvalue weighted by Crippen LogP contribution is 2.16. The van der Waals surface area contributed by atoms with Crippen LogP contribution in [-0.2, 0) is 24.2 Å². The third-order valence-corrected chi connectivity index (χ3v) is 2.56. The summed E-state index contributed by atoms with van der Waals surface area (Å²) in [5.41, 5.74) is 1.77. The van der Waals surface area contributed by atoms with Crippen LogP contribution in [0.1, 0.15) is 24.1 Å². The molecule has 0 saturated heterocycles. The number of rotatable bonds is 3. The fourth-order valence-electron chi connectivity index (χ4n) is 1.80. The summed E-state index contributed by atoms with van der Waals surface area (Å²) in [7, 11) is 0. The molecule has 80 valence electrons. The summed E-state index contributed by atoms with van der Waals surface area (Å²) >= 11 is 0. The lowest BCUT2D eigenvalue weighted by atomic mass is 10.2. The predicted molar refractivity (Wildman–Crippen MR) is 52.8 cm³/mol. The van der Waals surface area contributed by atoms with Crippen molar-refractivity contribution in [2.75, 3.05) is 0 Å². The molecule has 0 atom stereocenters. The highest BCUT2D eigenvalue weighted by Gasteiger charge is 2.14. The smallest absolute Gasteiger partial charge is 0.305 e. The predicted octanol–water partition coefficient (Wildman–Crippen LogP) is 0.207. The summed E-state index contributed by atoms with van der Waals surface area (Å²) in [6.07, 6.45) is 2.77. The number of aromatic nitrogens is 2. The zero-order valence-electron chi connectivity index (χ0n) is 8.27. The molecule has 5 nitrogen and oxygen atoms in total. The molecule has 1 N–H and O–H groups in total. The van der Waals surface area contributed by atoms with E-state index in [0.29, 0.717) is 0 Å². The third-order valence-electron chi connectivity index (χ3n) is 2.56. The maximum absolute atomic E-state index is 11.5. The zero-order valence-corrected chi connectivity index (χ0v) is 8.27.